The Morgan fingerprint density at radius 3 is 2.29 bits per heavy atom. The van der Waals surface area contributed by atoms with E-state index >= 15 is 0 Å². The Bertz CT molecular complexity index is 419. The van der Waals surface area contributed by atoms with Crippen LogP contribution in [0.3, 0.4) is 0 Å². The van der Waals surface area contributed by atoms with Crippen LogP contribution in [-0.4, -0.2) is 5.97 Å². The van der Waals surface area contributed by atoms with Crippen molar-refractivity contribution in [3.63, 3.8) is 0 Å². The van der Waals surface area contributed by atoms with Crippen LogP contribution in [0, 0.1) is 0 Å². The monoisotopic (exact) mass is 230 g/mol. The molecule has 0 atom stereocenters. The van der Waals surface area contributed by atoms with Crippen molar-refractivity contribution in [2.45, 2.75) is 26.2 Å². The molecule has 0 aliphatic carbocycles. The molecule has 0 unspecified atom stereocenters. The summed E-state index contributed by atoms with van der Waals surface area (Å²) in [4.78, 5) is 11.6. The smallest absolute Gasteiger partial charge is 0.342 e. The first-order chi connectivity index (χ1) is 7.95. The van der Waals surface area contributed by atoms with E-state index < -0.39 is 0 Å². The predicted molar refractivity (Wildman–Crippen MR) is 69.9 cm³/mol. The van der Waals surface area contributed by atoms with Crippen molar-refractivity contribution in [3.05, 3.63) is 60.4 Å². The van der Waals surface area contributed by atoms with Gasteiger partial charge < -0.3 is 4.74 Å². The van der Waals surface area contributed by atoms with Gasteiger partial charge in [0.25, 0.3) is 0 Å². The first-order valence-electron chi connectivity index (χ1n) is 5.54. The molecule has 2 heteroatoms. The highest BCUT2D eigenvalue weighted by Gasteiger charge is 2.14. The zero-order valence-electron chi connectivity index (χ0n) is 10.6. The number of ether oxygens (including phenoxy) is 1. The third-order valence-corrected chi connectivity index (χ3v) is 2.38. The van der Waals surface area contributed by atoms with E-state index in [0.717, 1.165) is 0 Å². The van der Waals surface area contributed by atoms with Gasteiger partial charge in [-0.15, -0.1) is 0 Å². The van der Waals surface area contributed by atoms with Crippen LogP contribution in [0.2, 0.25) is 0 Å². The van der Waals surface area contributed by atoms with E-state index in [4.69, 9.17) is 4.74 Å². The van der Waals surface area contributed by atoms with Crippen molar-refractivity contribution in [2.75, 3.05) is 0 Å². The van der Waals surface area contributed by atoms with Crippen molar-refractivity contribution >= 4 is 5.97 Å². The Balaban J connectivity index is 2.77. The Morgan fingerprint density at radius 1 is 1.24 bits per heavy atom. The normalized spacial score (nSPS) is 11.5. The van der Waals surface area contributed by atoms with Crippen molar-refractivity contribution in [2.24, 2.45) is 0 Å². The second-order valence-corrected chi connectivity index (χ2v) is 4.80. The van der Waals surface area contributed by atoms with Gasteiger partial charge in [0, 0.05) is 0 Å². The van der Waals surface area contributed by atoms with Gasteiger partial charge in [0.15, 0.2) is 0 Å². The lowest BCUT2D eigenvalue weighted by Crippen LogP contribution is -2.11. The van der Waals surface area contributed by atoms with E-state index in [1.807, 2.05) is 12.1 Å². The molecule has 0 amide bonds. The zero-order chi connectivity index (χ0) is 12.9. The zero-order valence-corrected chi connectivity index (χ0v) is 10.6. The highest BCUT2D eigenvalue weighted by Crippen LogP contribution is 2.22. The van der Waals surface area contributed by atoms with Gasteiger partial charge in [0.05, 0.1) is 11.8 Å². The Labute approximate surface area is 103 Å². The van der Waals surface area contributed by atoms with Gasteiger partial charge in [-0.3, -0.25) is 0 Å². The molecule has 0 N–H and O–H groups in total. The maximum atomic E-state index is 11.6. The average Bonchev–Trinajstić information content (AvgIpc) is 2.28. The minimum Gasteiger partial charge on any atom is -0.431 e. The summed E-state index contributed by atoms with van der Waals surface area (Å²) < 4.78 is 4.90. The van der Waals surface area contributed by atoms with Crippen LogP contribution in [0.1, 0.15) is 36.7 Å². The van der Waals surface area contributed by atoms with E-state index in [2.05, 4.69) is 27.4 Å². The molecule has 0 spiro atoms. The molecule has 0 heterocycles. The van der Waals surface area contributed by atoms with Gasteiger partial charge >= 0.3 is 5.97 Å². The minimum atomic E-state index is -0.358. The molecular formula is C15H18O2. The average molecular weight is 230 g/mol. The molecule has 0 saturated carbocycles. The molecule has 17 heavy (non-hydrogen) atoms. The van der Waals surface area contributed by atoms with Gasteiger partial charge in [0.2, 0.25) is 0 Å². The lowest BCUT2D eigenvalue weighted by molar-refractivity contribution is 0.0663. The molecule has 1 rings (SSSR count). The lowest BCUT2D eigenvalue weighted by atomic mass is 9.87. The summed E-state index contributed by atoms with van der Waals surface area (Å²) in [5.41, 5.74) is 1.83. The first-order valence-corrected chi connectivity index (χ1v) is 5.54. The van der Waals surface area contributed by atoms with Gasteiger partial charge in [-0.05, 0) is 29.2 Å². The number of carbonyl (C=O) groups is 1. The Morgan fingerprint density at radius 2 is 1.82 bits per heavy atom. The van der Waals surface area contributed by atoms with Crippen LogP contribution in [0.15, 0.2) is 49.3 Å². The largest absolute Gasteiger partial charge is 0.431 e. The lowest BCUT2D eigenvalue weighted by Gasteiger charge is -2.18. The number of allylic oxidation sites excluding steroid dienone is 2. The summed E-state index contributed by atoms with van der Waals surface area (Å²) in [6.45, 7) is 9.89. The molecule has 0 radical (unpaired) electrons. The molecule has 1 aromatic rings. The van der Waals surface area contributed by atoms with Crippen LogP contribution in [0.4, 0.5) is 0 Å². The standard InChI is InChI=1S/C15H18O2/c1-5-6-11-17-14(16)12-7-9-13(10-8-12)15(2,3)4/h5-11H,1H2,2-4H3/b11-6+. The van der Waals surface area contributed by atoms with E-state index in [1.165, 1.54) is 11.8 Å². The molecule has 0 saturated heterocycles. The number of hydrogen-bond donors (Lipinski definition) is 0. The summed E-state index contributed by atoms with van der Waals surface area (Å²) in [7, 11) is 0. The quantitative estimate of drug-likeness (QED) is 0.448. The fourth-order valence-corrected chi connectivity index (χ4v) is 1.33. The molecule has 0 fully saturated rings. The maximum Gasteiger partial charge on any atom is 0.342 e. The van der Waals surface area contributed by atoms with Crippen molar-refractivity contribution in [1.29, 1.82) is 0 Å². The van der Waals surface area contributed by atoms with E-state index in [0.29, 0.717) is 5.56 Å². The van der Waals surface area contributed by atoms with Crippen LogP contribution >= 0.6 is 0 Å². The first kappa shape index (κ1) is 13.2. The third-order valence-electron chi connectivity index (χ3n) is 2.38. The maximum absolute atomic E-state index is 11.6. The fourth-order valence-electron chi connectivity index (χ4n) is 1.33. The molecule has 0 bridgehead atoms. The van der Waals surface area contributed by atoms with Crippen molar-refractivity contribution in [3.8, 4) is 0 Å². The number of hydrogen-bond acceptors (Lipinski definition) is 2. The van der Waals surface area contributed by atoms with Gasteiger partial charge in [-0.25, -0.2) is 4.79 Å². The Kier molecular flexibility index (Phi) is 4.27. The SMILES string of the molecule is C=C/C=C/OC(=O)c1ccc(C(C)(C)C)cc1. The molecular weight excluding hydrogens is 212 g/mol. The second-order valence-electron chi connectivity index (χ2n) is 4.80. The summed E-state index contributed by atoms with van der Waals surface area (Å²) >= 11 is 0. The molecule has 1 aromatic carbocycles. The predicted octanol–water partition coefficient (Wildman–Crippen LogP) is 3.84. The van der Waals surface area contributed by atoms with Crippen molar-refractivity contribution < 1.29 is 9.53 Å². The molecule has 0 aromatic heterocycles. The minimum absolute atomic E-state index is 0.0885. The summed E-state index contributed by atoms with van der Waals surface area (Å²) in [5, 5.41) is 0. The third kappa shape index (κ3) is 3.91. The number of rotatable bonds is 3. The molecule has 90 valence electrons. The number of esters is 1. The van der Waals surface area contributed by atoms with Gasteiger partial charge in [-0.2, -0.15) is 0 Å². The summed E-state index contributed by atoms with van der Waals surface area (Å²) in [6, 6.07) is 7.47. The van der Waals surface area contributed by atoms with Gasteiger partial charge in [0.1, 0.15) is 0 Å². The molecule has 2 nitrogen and oxygen atoms in total. The fraction of sp³-hybridized carbons (Fsp3) is 0.267. The van der Waals surface area contributed by atoms with Crippen molar-refractivity contribution in [1.82, 2.24) is 0 Å². The van der Waals surface area contributed by atoms with Crippen LogP contribution < -0.4 is 0 Å². The van der Waals surface area contributed by atoms with E-state index in [1.54, 1.807) is 24.3 Å². The molecule has 0 aliphatic rings. The van der Waals surface area contributed by atoms with E-state index in [-0.39, 0.29) is 11.4 Å². The number of carbonyl (C=O) groups excluding carboxylic acids is 1. The summed E-state index contributed by atoms with van der Waals surface area (Å²) in [6.07, 6.45) is 4.45. The van der Waals surface area contributed by atoms with Gasteiger partial charge in [-0.1, -0.05) is 45.6 Å². The summed E-state index contributed by atoms with van der Waals surface area (Å²) in [5.74, 6) is -0.358. The topological polar surface area (TPSA) is 26.3 Å². The van der Waals surface area contributed by atoms with E-state index in [9.17, 15) is 4.79 Å². The highest BCUT2D eigenvalue weighted by atomic mass is 16.5. The highest BCUT2D eigenvalue weighted by molar-refractivity contribution is 5.89. The molecule has 0 aliphatic heterocycles. The number of benzene rings is 1. The van der Waals surface area contributed by atoms with Crippen LogP contribution in [0.5, 0.6) is 0 Å². The Hall–Kier alpha value is -1.83. The van der Waals surface area contributed by atoms with Crippen LogP contribution in [0.25, 0.3) is 0 Å². The van der Waals surface area contributed by atoms with Crippen LogP contribution in [-0.2, 0) is 10.2 Å². The second kappa shape index (κ2) is 5.48.